The first kappa shape index (κ1) is 14.3. The Kier molecular flexibility index (Phi) is 8.27. The Bertz CT molecular complexity index is 174. The second kappa shape index (κ2) is 8.64. The normalized spacial score (nSPS) is 12.9. The van der Waals surface area contributed by atoms with Gasteiger partial charge in [-0.15, -0.1) is 0 Å². The highest BCUT2D eigenvalue weighted by molar-refractivity contribution is 5.77. The second-order valence-electron chi connectivity index (χ2n) is 3.76. The molecule has 0 heterocycles. The van der Waals surface area contributed by atoms with Gasteiger partial charge in [-0.2, -0.15) is 0 Å². The number of hydrogen-bond donors (Lipinski definition) is 3. The van der Waals surface area contributed by atoms with Crippen LogP contribution in [0.25, 0.3) is 0 Å². The van der Waals surface area contributed by atoms with E-state index in [0.29, 0.717) is 19.1 Å². The largest absolute Gasteiger partial charge is 0.395 e. The van der Waals surface area contributed by atoms with E-state index in [-0.39, 0.29) is 25.1 Å². The van der Waals surface area contributed by atoms with Crippen LogP contribution in [-0.2, 0) is 9.53 Å². The Morgan fingerprint density at radius 2 is 2.13 bits per heavy atom. The molecule has 1 amide bonds. The van der Waals surface area contributed by atoms with Crippen LogP contribution in [0.15, 0.2) is 0 Å². The number of carbonyl (C=O) groups excluding carboxylic acids is 1. The lowest BCUT2D eigenvalue weighted by molar-refractivity contribution is -0.120. The van der Waals surface area contributed by atoms with Crippen molar-refractivity contribution in [3.8, 4) is 0 Å². The molecule has 0 aromatic carbocycles. The zero-order valence-corrected chi connectivity index (χ0v) is 9.75. The van der Waals surface area contributed by atoms with Gasteiger partial charge in [-0.25, -0.2) is 0 Å². The van der Waals surface area contributed by atoms with E-state index in [1.807, 2.05) is 13.8 Å². The monoisotopic (exact) mass is 218 g/mol. The van der Waals surface area contributed by atoms with Gasteiger partial charge in [0.05, 0.1) is 19.8 Å². The topological polar surface area (TPSA) is 70.6 Å². The molecule has 15 heavy (non-hydrogen) atoms. The maximum Gasteiger partial charge on any atom is 0.234 e. The van der Waals surface area contributed by atoms with Crippen molar-refractivity contribution < 1.29 is 14.6 Å². The van der Waals surface area contributed by atoms with Gasteiger partial charge in [0, 0.05) is 19.7 Å². The summed E-state index contributed by atoms with van der Waals surface area (Å²) in [4.78, 5) is 11.3. The average Bonchev–Trinajstić information content (AvgIpc) is 2.18. The molecule has 0 aliphatic heterocycles. The van der Waals surface area contributed by atoms with Crippen LogP contribution < -0.4 is 10.6 Å². The number of rotatable bonds is 8. The number of aliphatic hydroxyl groups excluding tert-OH is 1. The van der Waals surface area contributed by atoms with Gasteiger partial charge in [0.15, 0.2) is 0 Å². The first-order valence-electron chi connectivity index (χ1n) is 5.21. The van der Waals surface area contributed by atoms with Crippen molar-refractivity contribution in [2.24, 2.45) is 5.92 Å². The van der Waals surface area contributed by atoms with Crippen LogP contribution in [0.4, 0.5) is 0 Å². The summed E-state index contributed by atoms with van der Waals surface area (Å²) in [5, 5.41) is 14.7. The molecule has 1 atom stereocenters. The van der Waals surface area contributed by atoms with E-state index in [9.17, 15) is 4.79 Å². The predicted molar refractivity (Wildman–Crippen MR) is 58.6 cm³/mol. The number of hydrogen-bond acceptors (Lipinski definition) is 4. The fraction of sp³-hybridized carbons (Fsp3) is 0.900. The molecular formula is C10H22N2O3. The molecule has 5 heteroatoms. The van der Waals surface area contributed by atoms with E-state index < -0.39 is 0 Å². The number of methoxy groups -OCH3 is 1. The van der Waals surface area contributed by atoms with Crippen molar-refractivity contribution in [2.45, 2.75) is 19.9 Å². The molecule has 0 aromatic heterocycles. The predicted octanol–water partition coefficient (Wildman–Crippen LogP) is -0.644. The molecule has 0 radical (unpaired) electrons. The van der Waals surface area contributed by atoms with Gasteiger partial charge in [-0.3, -0.25) is 4.79 Å². The lowest BCUT2D eigenvalue weighted by Gasteiger charge is -2.19. The second-order valence-corrected chi connectivity index (χ2v) is 3.76. The van der Waals surface area contributed by atoms with Crippen LogP contribution in [0.3, 0.4) is 0 Å². The van der Waals surface area contributed by atoms with E-state index in [0.717, 1.165) is 0 Å². The van der Waals surface area contributed by atoms with E-state index in [2.05, 4.69) is 10.6 Å². The summed E-state index contributed by atoms with van der Waals surface area (Å²) in [6.45, 7) is 5.30. The Balaban J connectivity index is 3.59. The van der Waals surface area contributed by atoms with Crippen LogP contribution >= 0.6 is 0 Å². The first-order valence-corrected chi connectivity index (χ1v) is 5.21. The molecule has 0 saturated heterocycles. The summed E-state index contributed by atoms with van der Waals surface area (Å²) < 4.78 is 4.80. The van der Waals surface area contributed by atoms with Gasteiger partial charge in [-0.1, -0.05) is 13.8 Å². The Morgan fingerprint density at radius 1 is 1.47 bits per heavy atom. The fourth-order valence-corrected chi connectivity index (χ4v) is 1.09. The molecule has 1 unspecified atom stereocenters. The maximum absolute atomic E-state index is 11.3. The molecule has 0 fully saturated rings. The summed E-state index contributed by atoms with van der Waals surface area (Å²) in [7, 11) is 1.59. The van der Waals surface area contributed by atoms with Gasteiger partial charge < -0.3 is 20.5 Å². The zero-order chi connectivity index (χ0) is 11.7. The standard InChI is InChI=1S/C10H22N2O3/c1-8(2)9(7-13)12-6-10(14)11-4-5-15-3/h8-9,12-13H,4-7H2,1-3H3,(H,11,14). The van der Waals surface area contributed by atoms with Gasteiger partial charge in [0.2, 0.25) is 5.91 Å². The van der Waals surface area contributed by atoms with Crippen LogP contribution in [0.2, 0.25) is 0 Å². The van der Waals surface area contributed by atoms with Gasteiger partial charge in [0.1, 0.15) is 0 Å². The quantitative estimate of drug-likeness (QED) is 0.474. The molecule has 0 aliphatic carbocycles. The molecule has 90 valence electrons. The fourth-order valence-electron chi connectivity index (χ4n) is 1.09. The van der Waals surface area contributed by atoms with Crippen molar-refractivity contribution in [1.82, 2.24) is 10.6 Å². The molecule has 5 nitrogen and oxygen atoms in total. The van der Waals surface area contributed by atoms with Gasteiger partial charge in [-0.05, 0) is 5.92 Å². The minimum absolute atomic E-state index is 0.0295. The number of ether oxygens (including phenoxy) is 1. The highest BCUT2D eigenvalue weighted by Gasteiger charge is 2.12. The third-order valence-electron chi connectivity index (χ3n) is 2.15. The van der Waals surface area contributed by atoms with Crippen LogP contribution in [-0.4, -0.2) is 50.5 Å². The molecule has 0 saturated carbocycles. The highest BCUT2D eigenvalue weighted by Crippen LogP contribution is 1.99. The third kappa shape index (κ3) is 7.30. The van der Waals surface area contributed by atoms with Crippen molar-refractivity contribution in [3.05, 3.63) is 0 Å². The number of carbonyl (C=O) groups is 1. The molecule has 3 N–H and O–H groups in total. The van der Waals surface area contributed by atoms with E-state index in [1.165, 1.54) is 0 Å². The van der Waals surface area contributed by atoms with E-state index in [4.69, 9.17) is 9.84 Å². The van der Waals surface area contributed by atoms with Crippen molar-refractivity contribution in [3.63, 3.8) is 0 Å². The number of aliphatic hydroxyl groups is 1. The SMILES string of the molecule is COCCNC(=O)CNC(CO)C(C)C. The summed E-state index contributed by atoms with van der Waals surface area (Å²) >= 11 is 0. The molecule has 0 aromatic rings. The van der Waals surface area contributed by atoms with Crippen molar-refractivity contribution in [1.29, 1.82) is 0 Å². The minimum atomic E-state index is -0.0776. The summed E-state index contributed by atoms with van der Waals surface area (Å²) in [5.74, 6) is 0.230. The Labute approximate surface area is 91.2 Å². The highest BCUT2D eigenvalue weighted by atomic mass is 16.5. The number of nitrogens with one attached hydrogen (secondary N) is 2. The van der Waals surface area contributed by atoms with Crippen LogP contribution in [0, 0.1) is 5.92 Å². The average molecular weight is 218 g/mol. The third-order valence-corrected chi connectivity index (χ3v) is 2.15. The summed E-state index contributed by atoms with van der Waals surface area (Å²) in [5.41, 5.74) is 0. The molecule has 0 spiro atoms. The van der Waals surface area contributed by atoms with Crippen molar-refractivity contribution >= 4 is 5.91 Å². The summed E-state index contributed by atoms with van der Waals surface area (Å²) in [6, 6.07) is -0.0295. The van der Waals surface area contributed by atoms with Gasteiger partial charge in [0.25, 0.3) is 0 Å². The van der Waals surface area contributed by atoms with Crippen LogP contribution in [0.5, 0.6) is 0 Å². The van der Waals surface area contributed by atoms with Crippen LogP contribution in [0.1, 0.15) is 13.8 Å². The number of amides is 1. The van der Waals surface area contributed by atoms with E-state index in [1.54, 1.807) is 7.11 Å². The maximum atomic E-state index is 11.3. The molecule has 0 rings (SSSR count). The van der Waals surface area contributed by atoms with Gasteiger partial charge >= 0.3 is 0 Å². The molecular weight excluding hydrogens is 196 g/mol. The molecule has 0 aliphatic rings. The molecule has 0 bridgehead atoms. The Morgan fingerprint density at radius 3 is 2.60 bits per heavy atom. The Hall–Kier alpha value is -0.650. The summed E-state index contributed by atoms with van der Waals surface area (Å²) in [6.07, 6.45) is 0. The lowest BCUT2D eigenvalue weighted by Crippen LogP contribution is -2.43. The smallest absolute Gasteiger partial charge is 0.234 e. The lowest BCUT2D eigenvalue weighted by atomic mass is 10.1. The first-order chi connectivity index (χ1) is 7.11. The zero-order valence-electron chi connectivity index (χ0n) is 9.75. The van der Waals surface area contributed by atoms with E-state index >= 15 is 0 Å². The minimum Gasteiger partial charge on any atom is -0.395 e. The van der Waals surface area contributed by atoms with Crippen molar-refractivity contribution in [2.75, 3.05) is 33.4 Å².